The normalized spacial score (nSPS) is 22.3. The van der Waals surface area contributed by atoms with Crippen molar-refractivity contribution in [3.8, 4) is 0 Å². The number of hydrogen-bond donors (Lipinski definition) is 1. The Hall–Kier alpha value is -0.860. The van der Waals surface area contributed by atoms with Crippen LogP contribution in [0.1, 0.15) is 69.0 Å². The van der Waals surface area contributed by atoms with E-state index in [1.807, 2.05) is 0 Å². The van der Waals surface area contributed by atoms with Gasteiger partial charge in [-0.2, -0.15) is 0 Å². The second-order valence-electron chi connectivity index (χ2n) is 5.94. The predicted molar refractivity (Wildman–Crippen MR) is 84.8 cm³/mol. The van der Waals surface area contributed by atoms with Crippen LogP contribution in [0.4, 0.5) is 0 Å². The summed E-state index contributed by atoms with van der Waals surface area (Å²) in [5, 5.41) is 0. The van der Waals surface area contributed by atoms with E-state index in [1.54, 1.807) is 0 Å². The van der Waals surface area contributed by atoms with Crippen molar-refractivity contribution >= 4 is 0 Å². The number of aryl methyl sites for hydroxylation is 1. The van der Waals surface area contributed by atoms with Gasteiger partial charge in [0.05, 0.1) is 12.1 Å². The molecule has 1 aliphatic carbocycles. The molecular formula is C18H29NO. The summed E-state index contributed by atoms with van der Waals surface area (Å²) in [7, 11) is 0. The largest absolute Gasteiger partial charge is 0.376 e. The quantitative estimate of drug-likeness (QED) is 0.592. The summed E-state index contributed by atoms with van der Waals surface area (Å²) in [4.78, 5) is 0. The molecule has 1 aromatic rings. The second-order valence-corrected chi connectivity index (χ2v) is 5.94. The van der Waals surface area contributed by atoms with Crippen molar-refractivity contribution in [2.24, 2.45) is 5.73 Å². The van der Waals surface area contributed by atoms with E-state index >= 15 is 0 Å². The zero-order valence-corrected chi connectivity index (χ0v) is 12.8. The van der Waals surface area contributed by atoms with E-state index in [-0.39, 0.29) is 12.1 Å². The molecule has 2 unspecified atom stereocenters. The first kappa shape index (κ1) is 15.5. The van der Waals surface area contributed by atoms with Crippen LogP contribution < -0.4 is 5.73 Å². The molecule has 2 N–H and O–H groups in total. The molecular weight excluding hydrogens is 246 g/mol. The summed E-state index contributed by atoms with van der Waals surface area (Å²) in [6.07, 6.45) is 10.0. The Balaban J connectivity index is 1.80. The molecule has 0 saturated heterocycles. The van der Waals surface area contributed by atoms with Crippen LogP contribution in [0.15, 0.2) is 24.3 Å². The van der Waals surface area contributed by atoms with E-state index in [0.29, 0.717) is 0 Å². The van der Waals surface area contributed by atoms with E-state index in [1.165, 1.54) is 49.7 Å². The van der Waals surface area contributed by atoms with E-state index in [0.717, 1.165) is 19.4 Å². The van der Waals surface area contributed by atoms with Crippen molar-refractivity contribution in [1.29, 1.82) is 0 Å². The smallest absolute Gasteiger partial charge is 0.0767 e. The van der Waals surface area contributed by atoms with Crippen LogP contribution in [-0.4, -0.2) is 12.7 Å². The van der Waals surface area contributed by atoms with Gasteiger partial charge >= 0.3 is 0 Å². The van der Waals surface area contributed by atoms with E-state index in [9.17, 15) is 0 Å². The average Bonchev–Trinajstić information content (AvgIpc) is 2.63. The minimum Gasteiger partial charge on any atom is -0.376 e. The van der Waals surface area contributed by atoms with Crippen molar-refractivity contribution in [3.05, 3.63) is 35.4 Å². The molecule has 0 fully saturated rings. The number of unbranched alkanes of at least 4 members (excludes halogenated alkanes) is 4. The third-order valence-electron chi connectivity index (χ3n) is 4.33. The van der Waals surface area contributed by atoms with Gasteiger partial charge in [0.1, 0.15) is 0 Å². The molecule has 0 amide bonds. The first-order valence-electron chi connectivity index (χ1n) is 8.28. The standard InChI is InChI=1S/C18H29NO/c1-2-3-4-5-8-14-20-17-13-9-11-15-10-6-7-12-16(15)18(17)19/h6-7,10,12,17-18H,2-5,8-9,11,13-14,19H2,1H3. The molecule has 0 heterocycles. The summed E-state index contributed by atoms with van der Waals surface area (Å²) in [5.74, 6) is 0. The van der Waals surface area contributed by atoms with Gasteiger partial charge in [0, 0.05) is 6.61 Å². The Morgan fingerprint density at radius 2 is 1.95 bits per heavy atom. The highest BCUT2D eigenvalue weighted by Crippen LogP contribution is 2.29. The molecule has 0 aliphatic heterocycles. The van der Waals surface area contributed by atoms with Gasteiger partial charge in [-0.3, -0.25) is 0 Å². The Morgan fingerprint density at radius 3 is 2.80 bits per heavy atom. The van der Waals surface area contributed by atoms with Crippen molar-refractivity contribution in [2.45, 2.75) is 70.4 Å². The van der Waals surface area contributed by atoms with Gasteiger partial charge in [-0.15, -0.1) is 0 Å². The van der Waals surface area contributed by atoms with Crippen molar-refractivity contribution < 1.29 is 4.74 Å². The lowest BCUT2D eigenvalue weighted by Crippen LogP contribution is -2.28. The highest BCUT2D eigenvalue weighted by molar-refractivity contribution is 5.31. The van der Waals surface area contributed by atoms with Crippen LogP contribution in [0.25, 0.3) is 0 Å². The molecule has 2 rings (SSSR count). The van der Waals surface area contributed by atoms with Gasteiger partial charge in [0.2, 0.25) is 0 Å². The minimum atomic E-state index is 0.0457. The van der Waals surface area contributed by atoms with E-state index in [4.69, 9.17) is 10.5 Å². The number of rotatable bonds is 7. The number of hydrogen-bond acceptors (Lipinski definition) is 2. The van der Waals surface area contributed by atoms with Crippen LogP contribution in [0.5, 0.6) is 0 Å². The highest BCUT2D eigenvalue weighted by Gasteiger charge is 2.24. The monoisotopic (exact) mass is 275 g/mol. The summed E-state index contributed by atoms with van der Waals surface area (Å²) in [6.45, 7) is 3.11. The third kappa shape index (κ3) is 4.32. The Morgan fingerprint density at radius 1 is 1.15 bits per heavy atom. The molecule has 20 heavy (non-hydrogen) atoms. The number of ether oxygens (including phenoxy) is 1. The van der Waals surface area contributed by atoms with Crippen LogP contribution >= 0.6 is 0 Å². The van der Waals surface area contributed by atoms with Gasteiger partial charge in [-0.05, 0) is 36.8 Å². The molecule has 2 atom stereocenters. The maximum absolute atomic E-state index is 6.43. The van der Waals surface area contributed by atoms with Crippen LogP contribution in [-0.2, 0) is 11.2 Å². The molecule has 1 aromatic carbocycles. The predicted octanol–water partition coefficient (Wildman–Crippen LogP) is 4.38. The fourth-order valence-corrected chi connectivity index (χ4v) is 3.09. The molecule has 1 aliphatic rings. The van der Waals surface area contributed by atoms with E-state index < -0.39 is 0 Å². The van der Waals surface area contributed by atoms with Gasteiger partial charge in [0.15, 0.2) is 0 Å². The first-order valence-corrected chi connectivity index (χ1v) is 8.28. The molecule has 0 bridgehead atoms. The summed E-state index contributed by atoms with van der Waals surface area (Å²) in [6, 6.07) is 8.63. The van der Waals surface area contributed by atoms with Crippen molar-refractivity contribution in [1.82, 2.24) is 0 Å². The fraction of sp³-hybridized carbons (Fsp3) is 0.667. The SMILES string of the molecule is CCCCCCCOC1CCCc2ccccc2C1N. The van der Waals surface area contributed by atoms with Gasteiger partial charge in [-0.1, -0.05) is 56.9 Å². The lowest BCUT2D eigenvalue weighted by molar-refractivity contribution is 0.0278. The lowest BCUT2D eigenvalue weighted by Gasteiger charge is -2.23. The van der Waals surface area contributed by atoms with Gasteiger partial charge < -0.3 is 10.5 Å². The molecule has 0 saturated carbocycles. The van der Waals surface area contributed by atoms with Crippen LogP contribution in [0.3, 0.4) is 0 Å². The molecule has 0 aromatic heterocycles. The average molecular weight is 275 g/mol. The lowest BCUT2D eigenvalue weighted by atomic mass is 9.98. The van der Waals surface area contributed by atoms with E-state index in [2.05, 4.69) is 31.2 Å². The highest BCUT2D eigenvalue weighted by atomic mass is 16.5. The number of fused-ring (bicyclic) bond motifs is 1. The van der Waals surface area contributed by atoms with Crippen molar-refractivity contribution in [3.63, 3.8) is 0 Å². The second kappa shape index (κ2) is 8.43. The Bertz CT molecular complexity index is 391. The maximum atomic E-state index is 6.43. The molecule has 0 spiro atoms. The van der Waals surface area contributed by atoms with Crippen LogP contribution in [0.2, 0.25) is 0 Å². The third-order valence-corrected chi connectivity index (χ3v) is 4.33. The molecule has 2 heteroatoms. The topological polar surface area (TPSA) is 35.2 Å². The number of benzene rings is 1. The fourth-order valence-electron chi connectivity index (χ4n) is 3.09. The van der Waals surface area contributed by atoms with Gasteiger partial charge in [-0.25, -0.2) is 0 Å². The molecule has 0 radical (unpaired) electrons. The summed E-state index contributed by atoms with van der Waals surface area (Å²) in [5.41, 5.74) is 9.13. The maximum Gasteiger partial charge on any atom is 0.0767 e. The van der Waals surface area contributed by atoms with Gasteiger partial charge in [0.25, 0.3) is 0 Å². The zero-order valence-electron chi connectivity index (χ0n) is 12.8. The van der Waals surface area contributed by atoms with Crippen molar-refractivity contribution in [2.75, 3.05) is 6.61 Å². The zero-order chi connectivity index (χ0) is 14.2. The summed E-state index contributed by atoms with van der Waals surface area (Å²) >= 11 is 0. The minimum absolute atomic E-state index is 0.0457. The number of nitrogens with two attached hydrogens (primary N) is 1. The first-order chi connectivity index (χ1) is 9.83. The Kier molecular flexibility index (Phi) is 6.55. The summed E-state index contributed by atoms with van der Waals surface area (Å²) < 4.78 is 6.09. The Labute approximate surface area is 123 Å². The molecule has 2 nitrogen and oxygen atoms in total. The molecule has 112 valence electrons. The van der Waals surface area contributed by atoms with Crippen LogP contribution in [0, 0.1) is 0 Å².